The van der Waals surface area contributed by atoms with E-state index in [9.17, 15) is 20.0 Å². The number of carboxylic acids is 1. The number of ether oxygens (including phenoxy) is 1. The molecule has 1 aromatic heterocycles. The molecule has 7 heteroatoms. The van der Waals surface area contributed by atoms with Gasteiger partial charge in [-0.25, -0.2) is 4.79 Å². The van der Waals surface area contributed by atoms with E-state index in [0.29, 0.717) is 16.6 Å². The maximum Gasteiger partial charge on any atom is 0.336 e. The zero-order valence-corrected chi connectivity index (χ0v) is 12.1. The van der Waals surface area contributed by atoms with Crippen molar-refractivity contribution < 1.29 is 19.6 Å². The summed E-state index contributed by atoms with van der Waals surface area (Å²) in [5.74, 6) is -0.863. The van der Waals surface area contributed by atoms with Crippen LogP contribution in [0.5, 0.6) is 5.75 Å². The molecule has 0 saturated heterocycles. The molecule has 0 amide bonds. The Morgan fingerprint density at radius 1 is 1.26 bits per heavy atom. The molecular formula is C16H12N2O5. The summed E-state index contributed by atoms with van der Waals surface area (Å²) >= 11 is 0. The van der Waals surface area contributed by atoms with E-state index in [-0.39, 0.29) is 17.0 Å². The Morgan fingerprint density at radius 2 is 2.04 bits per heavy atom. The third kappa shape index (κ3) is 2.38. The quantitative estimate of drug-likeness (QED) is 0.589. The number of aromatic carboxylic acids is 1. The Hall–Kier alpha value is -3.35. The first-order valence-electron chi connectivity index (χ1n) is 6.69. The summed E-state index contributed by atoms with van der Waals surface area (Å²) in [6, 6.07) is 11.2. The minimum Gasteiger partial charge on any atom is -0.490 e. The fraction of sp³-hybridized carbons (Fsp3) is 0.0625. The highest BCUT2D eigenvalue weighted by Gasteiger charge is 2.17. The highest BCUT2D eigenvalue weighted by Crippen LogP contribution is 2.31. The number of nitro benzene ring substituents is 1. The summed E-state index contributed by atoms with van der Waals surface area (Å²) in [7, 11) is 1.36. The van der Waals surface area contributed by atoms with Gasteiger partial charge in [-0.3, -0.25) is 10.1 Å². The lowest BCUT2D eigenvalue weighted by Crippen LogP contribution is -1.99. The lowest BCUT2D eigenvalue weighted by Gasteiger charge is -2.08. The number of carbonyl (C=O) groups is 1. The van der Waals surface area contributed by atoms with E-state index in [1.807, 2.05) is 0 Å². The average molecular weight is 312 g/mol. The lowest BCUT2D eigenvalue weighted by atomic mass is 10.1. The smallest absolute Gasteiger partial charge is 0.336 e. The van der Waals surface area contributed by atoms with Crippen LogP contribution in [0.1, 0.15) is 10.4 Å². The molecular weight excluding hydrogens is 300 g/mol. The third-order valence-electron chi connectivity index (χ3n) is 3.60. The van der Waals surface area contributed by atoms with E-state index in [2.05, 4.69) is 0 Å². The number of nitrogens with zero attached hydrogens (tertiary/aromatic N) is 2. The van der Waals surface area contributed by atoms with Gasteiger partial charge in [-0.15, -0.1) is 0 Å². The summed E-state index contributed by atoms with van der Waals surface area (Å²) in [5, 5.41) is 20.8. The van der Waals surface area contributed by atoms with Crippen LogP contribution in [-0.2, 0) is 0 Å². The molecule has 0 aliphatic carbocycles. The van der Waals surface area contributed by atoms with Crippen LogP contribution in [0.25, 0.3) is 16.6 Å². The average Bonchev–Trinajstić information content (AvgIpc) is 2.97. The summed E-state index contributed by atoms with van der Waals surface area (Å²) in [4.78, 5) is 21.7. The summed E-state index contributed by atoms with van der Waals surface area (Å²) in [6.07, 6.45) is 1.72. The van der Waals surface area contributed by atoms with Crippen molar-refractivity contribution in [1.29, 1.82) is 0 Å². The molecule has 0 aliphatic heterocycles. The van der Waals surface area contributed by atoms with Gasteiger partial charge in [-0.05, 0) is 24.3 Å². The number of hydrogen-bond acceptors (Lipinski definition) is 4. The number of nitro groups is 1. The first-order valence-corrected chi connectivity index (χ1v) is 6.69. The molecule has 0 spiro atoms. The first kappa shape index (κ1) is 14.6. The molecule has 3 aromatic rings. The van der Waals surface area contributed by atoms with Crippen LogP contribution < -0.4 is 4.74 Å². The van der Waals surface area contributed by atoms with Gasteiger partial charge < -0.3 is 14.4 Å². The second kappa shape index (κ2) is 5.45. The van der Waals surface area contributed by atoms with Crippen molar-refractivity contribution >= 4 is 22.6 Å². The minimum absolute atomic E-state index is 0.126. The SMILES string of the molecule is COc1cc(-n2ccc3c(C(=O)O)cccc32)ccc1[N+](=O)[O-]. The van der Waals surface area contributed by atoms with Crippen LogP contribution in [0.2, 0.25) is 0 Å². The van der Waals surface area contributed by atoms with Gasteiger partial charge in [0.2, 0.25) is 0 Å². The molecule has 0 fully saturated rings. The van der Waals surface area contributed by atoms with E-state index < -0.39 is 10.9 Å². The van der Waals surface area contributed by atoms with Gasteiger partial charge in [0.15, 0.2) is 5.75 Å². The number of carboxylic acid groups (broad SMARTS) is 1. The number of aromatic nitrogens is 1. The maximum atomic E-state index is 11.3. The fourth-order valence-corrected chi connectivity index (χ4v) is 2.55. The topological polar surface area (TPSA) is 94.6 Å². The predicted molar refractivity (Wildman–Crippen MR) is 83.4 cm³/mol. The third-order valence-corrected chi connectivity index (χ3v) is 3.60. The molecule has 0 saturated carbocycles. The Balaban J connectivity index is 2.20. The van der Waals surface area contributed by atoms with Crippen molar-refractivity contribution in [1.82, 2.24) is 4.57 Å². The van der Waals surface area contributed by atoms with Crippen molar-refractivity contribution in [2.75, 3.05) is 7.11 Å². The van der Waals surface area contributed by atoms with E-state index in [4.69, 9.17) is 4.74 Å². The summed E-state index contributed by atoms with van der Waals surface area (Å²) in [5.41, 5.74) is 1.42. The van der Waals surface area contributed by atoms with Crippen molar-refractivity contribution in [3.8, 4) is 11.4 Å². The number of fused-ring (bicyclic) bond motifs is 1. The van der Waals surface area contributed by atoms with Crippen molar-refractivity contribution in [3.63, 3.8) is 0 Å². The lowest BCUT2D eigenvalue weighted by molar-refractivity contribution is -0.385. The van der Waals surface area contributed by atoms with Crippen molar-refractivity contribution in [2.45, 2.75) is 0 Å². The van der Waals surface area contributed by atoms with Gasteiger partial charge in [-0.2, -0.15) is 0 Å². The summed E-state index contributed by atoms with van der Waals surface area (Å²) in [6.45, 7) is 0. The van der Waals surface area contributed by atoms with Crippen LogP contribution in [0.15, 0.2) is 48.7 Å². The Kier molecular flexibility index (Phi) is 3.46. The van der Waals surface area contributed by atoms with Gasteiger partial charge in [0.1, 0.15) is 0 Å². The minimum atomic E-state index is -1.00. The molecule has 7 nitrogen and oxygen atoms in total. The van der Waals surface area contributed by atoms with Crippen molar-refractivity contribution in [3.05, 3.63) is 64.3 Å². The van der Waals surface area contributed by atoms with Gasteiger partial charge in [0, 0.05) is 29.4 Å². The highest BCUT2D eigenvalue weighted by molar-refractivity contribution is 6.03. The van der Waals surface area contributed by atoms with Gasteiger partial charge >= 0.3 is 11.7 Å². The number of benzene rings is 2. The molecule has 0 unspecified atom stereocenters. The standard InChI is InChI=1S/C16H12N2O5/c1-23-15-9-10(5-6-14(15)18(21)22)17-8-7-11-12(16(19)20)3-2-4-13(11)17/h2-9H,1H3,(H,19,20). The van der Waals surface area contributed by atoms with Crippen LogP contribution >= 0.6 is 0 Å². The summed E-state index contributed by atoms with van der Waals surface area (Å²) < 4.78 is 6.83. The normalized spacial score (nSPS) is 10.7. The first-order chi connectivity index (χ1) is 11.0. The number of rotatable bonds is 4. The van der Waals surface area contributed by atoms with Crippen molar-refractivity contribution in [2.24, 2.45) is 0 Å². The molecule has 1 N–H and O–H groups in total. The molecule has 0 bridgehead atoms. The number of hydrogen-bond donors (Lipinski definition) is 1. The second-order valence-electron chi connectivity index (χ2n) is 4.84. The molecule has 0 aliphatic rings. The molecule has 0 atom stereocenters. The van der Waals surface area contributed by atoms with E-state index in [0.717, 1.165) is 0 Å². The monoisotopic (exact) mass is 312 g/mol. The largest absolute Gasteiger partial charge is 0.490 e. The Bertz CT molecular complexity index is 929. The highest BCUT2D eigenvalue weighted by atomic mass is 16.6. The van der Waals surface area contributed by atoms with Gasteiger partial charge in [-0.1, -0.05) is 6.07 Å². The molecule has 1 heterocycles. The van der Waals surface area contributed by atoms with Gasteiger partial charge in [0.25, 0.3) is 0 Å². The van der Waals surface area contributed by atoms with Gasteiger partial charge in [0.05, 0.1) is 23.1 Å². The van der Waals surface area contributed by atoms with E-state index in [1.54, 1.807) is 41.1 Å². The van der Waals surface area contributed by atoms with Crippen LogP contribution in [-0.4, -0.2) is 27.7 Å². The van der Waals surface area contributed by atoms with Crippen LogP contribution in [0.3, 0.4) is 0 Å². The molecule has 0 radical (unpaired) electrons. The zero-order valence-electron chi connectivity index (χ0n) is 12.1. The maximum absolute atomic E-state index is 11.3. The predicted octanol–water partition coefficient (Wildman–Crippen LogP) is 3.25. The zero-order chi connectivity index (χ0) is 16.6. The van der Waals surface area contributed by atoms with E-state index >= 15 is 0 Å². The Labute approximate surface area is 130 Å². The van der Waals surface area contributed by atoms with Crippen LogP contribution in [0, 0.1) is 10.1 Å². The molecule has 3 rings (SSSR count). The number of methoxy groups -OCH3 is 1. The second-order valence-corrected chi connectivity index (χ2v) is 4.84. The molecule has 23 heavy (non-hydrogen) atoms. The molecule has 2 aromatic carbocycles. The van der Waals surface area contributed by atoms with E-state index in [1.165, 1.54) is 19.2 Å². The van der Waals surface area contributed by atoms with Crippen LogP contribution in [0.4, 0.5) is 5.69 Å². The fourth-order valence-electron chi connectivity index (χ4n) is 2.55. The Morgan fingerprint density at radius 3 is 2.70 bits per heavy atom. The molecule has 116 valence electrons.